The number of hydrogen-bond acceptors (Lipinski definition) is 2. The van der Waals surface area contributed by atoms with Crippen molar-refractivity contribution in [2.75, 3.05) is 13.1 Å². The van der Waals surface area contributed by atoms with Crippen LogP contribution in [0.4, 0.5) is 0 Å². The van der Waals surface area contributed by atoms with Gasteiger partial charge in [0, 0.05) is 13.1 Å². The van der Waals surface area contributed by atoms with Crippen molar-refractivity contribution in [2.24, 2.45) is 17.6 Å². The van der Waals surface area contributed by atoms with Crippen molar-refractivity contribution in [3.05, 3.63) is 0 Å². The van der Waals surface area contributed by atoms with Crippen molar-refractivity contribution in [1.29, 1.82) is 0 Å². The minimum atomic E-state index is -0.673. The van der Waals surface area contributed by atoms with Crippen LogP contribution < -0.4 is 5.73 Å². The lowest BCUT2D eigenvalue weighted by molar-refractivity contribution is -0.137. The van der Waals surface area contributed by atoms with Crippen LogP contribution in [0.15, 0.2) is 0 Å². The number of carbonyl (C=O) groups excluding carboxylic acids is 1. The Labute approximate surface area is 119 Å². The van der Waals surface area contributed by atoms with Crippen LogP contribution in [-0.2, 0) is 4.79 Å². The summed E-state index contributed by atoms with van der Waals surface area (Å²) in [6, 6.07) is 0. The maximum Gasteiger partial charge on any atom is 0.242 e. The first-order valence-corrected chi connectivity index (χ1v) is 7.85. The molecule has 1 amide bonds. The molecule has 0 aromatic rings. The summed E-state index contributed by atoms with van der Waals surface area (Å²) in [5, 5.41) is 0. The summed E-state index contributed by atoms with van der Waals surface area (Å²) in [6.45, 7) is 14.5. The van der Waals surface area contributed by atoms with Gasteiger partial charge in [-0.2, -0.15) is 0 Å². The van der Waals surface area contributed by atoms with Crippen LogP contribution in [0.2, 0.25) is 0 Å². The number of amides is 1. The van der Waals surface area contributed by atoms with E-state index in [1.165, 1.54) is 0 Å². The number of hydrogen-bond donors (Lipinski definition) is 1. The maximum absolute atomic E-state index is 12.7. The zero-order chi connectivity index (χ0) is 15.1. The van der Waals surface area contributed by atoms with Gasteiger partial charge in [0.05, 0.1) is 5.54 Å². The Morgan fingerprint density at radius 1 is 1.00 bits per heavy atom. The quantitative estimate of drug-likeness (QED) is 0.698. The molecule has 19 heavy (non-hydrogen) atoms. The van der Waals surface area contributed by atoms with Crippen LogP contribution in [0.3, 0.4) is 0 Å². The van der Waals surface area contributed by atoms with Gasteiger partial charge < -0.3 is 10.6 Å². The molecule has 0 saturated heterocycles. The molecule has 0 aromatic heterocycles. The molecule has 2 N–H and O–H groups in total. The van der Waals surface area contributed by atoms with E-state index in [1.54, 1.807) is 0 Å². The first-order chi connectivity index (χ1) is 8.76. The molecule has 0 rings (SSSR count). The van der Waals surface area contributed by atoms with Gasteiger partial charge in [0.15, 0.2) is 0 Å². The molecule has 0 fully saturated rings. The largest absolute Gasteiger partial charge is 0.341 e. The van der Waals surface area contributed by atoms with E-state index in [-0.39, 0.29) is 5.91 Å². The summed E-state index contributed by atoms with van der Waals surface area (Å²) in [4.78, 5) is 14.6. The van der Waals surface area contributed by atoms with Gasteiger partial charge in [0.1, 0.15) is 0 Å². The second kappa shape index (κ2) is 8.57. The van der Waals surface area contributed by atoms with Gasteiger partial charge in [-0.3, -0.25) is 4.79 Å². The smallest absolute Gasteiger partial charge is 0.242 e. The number of nitrogens with two attached hydrogens (primary N) is 1. The molecule has 3 nitrogen and oxygen atoms in total. The SMILES string of the molecule is CCC(N)(CC)C(=O)N(CCC(C)C)CCC(C)C. The molecular weight excluding hydrogens is 236 g/mol. The van der Waals surface area contributed by atoms with Crippen molar-refractivity contribution in [2.45, 2.75) is 72.8 Å². The van der Waals surface area contributed by atoms with E-state index in [2.05, 4.69) is 27.7 Å². The topological polar surface area (TPSA) is 46.3 Å². The molecule has 0 atom stereocenters. The van der Waals surface area contributed by atoms with Crippen LogP contribution in [-0.4, -0.2) is 29.4 Å². The summed E-state index contributed by atoms with van der Waals surface area (Å²) in [5.41, 5.74) is 5.59. The molecule has 0 heterocycles. The van der Waals surface area contributed by atoms with Crippen molar-refractivity contribution < 1.29 is 4.79 Å². The molecule has 114 valence electrons. The molecule has 0 unspecified atom stereocenters. The van der Waals surface area contributed by atoms with E-state index >= 15 is 0 Å². The summed E-state index contributed by atoms with van der Waals surface area (Å²) < 4.78 is 0. The first kappa shape index (κ1) is 18.4. The van der Waals surface area contributed by atoms with Gasteiger partial charge in [-0.15, -0.1) is 0 Å². The van der Waals surface area contributed by atoms with Gasteiger partial charge in [0.25, 0.3) is 0 Å². The number of carbonyl (C=O) groups is 1. The first-order valence-electron chi connectivity index (χ1n) is 7.85. The molecule has 0 saturated carbocycles. The van der Waals surface area contributed by atoms with Crippen LogP contribution in [0.25, 0.3) is 0 Å². The molecular formula is C16H34N2O. The Kier molecular flexibility index (Phi) is 8.31. The van der Waals surface area contributed by atoms with Crippen molar-refractivity contribution in [3.63, 3.8) is 0 Å². The summed E-state index contributed by atoms with van der Waals surface area (Å²) in [6.07, 6.45) is 3.52. The molecule has 0 radical (unpaired) electrons. The van der Waals surface area contributed by atoms with Crippen molar-refractivity contribution in [1.82, 2.24) is 4.90 Å². The normalized spacial score (nSPS) is 12.3. The molecule has 0 aliphatic carbocycles. The van der Waals surface area contributed by atoms with Crippen LogP contribution in [0.1, 0.15) is 67.2 Å². The predicted molar refractivity (Wildman–Crippen MR) is 83.0 cm³/mol. The summed E-state index contributed by atoms with van der Waals surface area (Å²) >= 11 is 0. The van der Waals surface area contributed by atoms with Gasteiger partial charge >= 0.3 is 0 Å². The Hall–Kier alpha value is -0.570. The number of rotatable bonds is 9. The number of nitrogens with zero attached hydrogens (tertiary/aromatic N) is 1. The molecule has 3 heteroatoms. The van der Waals surface area contributed by atoms with Crippen molar-refractivity contribution in [3.8, 4) is 0 Å². The van der Waals surface area contributed by atoms with Gasteiger partial charge in [-0.05, 0) is 37.5 Å². The van der Waals surface area contributed by atoms with E-state index < -0.39 is 5.54 Å². The van der Waals surface area contributed by atoms with Crippen LogP contribution >= 0.6 is 0 Å². The average Bonchev–Trinajstić information content (AvgIpc) is 2.36. The van der Waals surface area contributed by atoms with E-state index in [0.717, 1.165) is 25.9 Å². The van der Waals surface area contributed by atoms with Crippen LogP contribution in [0.5, 0.6) is 0 Å². The monoisotopic (exact) mass is 270 g/mol. The second-order valence-electron chi connectivity index (χ2n) is 6.52. The third kappa shape index (κ3) is 6.42. The molecule has 0 aromatic carbocycles. The maximum atomic E-state index is 12.7. The predicted octanol–water partition coefficient (Wildman–Crippen LogP) is 3.42. The van der Waals surface area contributed by atoms with Gasteiger partial charge in [0.2, 0.25) is 5.91 Å². The van der Waals surface area contributed by atoms with Crippen molar-refractivity contribution >= 4 is 5.91 Å². The van der Waals surface area contributed by atoms with Crippen LogP contribution in [0, 0.1) is 11.8 Å². The molecule has 0 aliphatic rings. The summed E-state index contributed by atoms with van der Waals surface area (Å²) in [7, 11) is 0. The Morgan fingerprint density at radius 3 is 1.63 bits per heavy atom. The summed E-state index contributed by atoms with van der Waals surface area (Å²) in [5.74, 6) is 1.37. The lowest BCUT2D eigenvalue weighted by Crippen LogP contribution is -2.55. The standard InChI is InChI=1S/C16H34N2O/c1-7-16(17,8-2)15(19)18(11-9-13(3)4)12-10-14(5)6/h13-14H,7-12,17H2,1-6H3. The van der Waals surface area contributed by atoms with E-state index in [4.69, 9.17) is 5.73 Å². The lowest BCUT2D eigenvalue weighted by Gasteiger charge is -2.34. The van der Waals surface area contributed by atoms with E-state index in [1.807, 2.05) is 18.7 Å². The highest BCUT2D eigenvalue weighted by atomic mass is 16.2. The Balaban J connectivity index is 4.74. The zero-order valence-corrected chi connectivity index (χ0v) is 13.8. The Bertz CT molecular complexity index is 245. The zero-order valence-electron chi connectivity index (χ0n) is 13.8. The highest BCUT2D eigenvalue weighted by Gasteiger charge is 2.33. The second-order valence-corrected chi connectivity index (χ2v) is 6.52. The Morgan fingerprint density at radius 2 is 1.37 bits per heavy atom. The lowest BCUT2D eigenvalue weighted by atomic mass is 9.92. The fraction of sp³-hybridized carbons (Fsp3) is 0.938. The van der Waals surface area contributed by atoms with E-state index in [0.29, 0.717) is 24.7 Å². The highest BCUT2D eigenvalue weighted by Crippen LogP contribution is 2.17. The van der Waals surface area contributed by atoms with E-state index in [9.17, 15) is 4.79 Å². The fourth-order valence-electron chi connectivity index (χ4n) is 2.01. The third-order valence-corrected chi connectivity index (χ3v) is 3.93. The fourth-order valence-corrected chi connectivity index (χ4v) is 2.01. The molecule has 0 spiro atoms. The average molecular weight is 270 g/mol. The van der Waals surface area contributed by atoms with Gasteiger partial charge in [-0.1, -0.05) is 41.5 Å². The highest BCUT2D eigenvalue weighted by molar-refractivity contribution is 5.86. The van der Waals surface area contributed by atoms with Gasteiger partial charge in [-0.25, -0.2) is 0 Å². The third-order valence-electron chi connectivity index (χ3n) is 3.93. The molecule has 0 bridgehead atoms. The minimum Gasteiger partial charge on any atom is -0.341 e. The molecule has 0 aliphatic heterocycles. The minimum absolute atomic E-state index is 0.138.